The molecule has 0 saturated carbocycles. The van der Waals surface area contributed by atoms with Gasteiger partial charge in [0.05, 0.1) is 20.0 Å². The van der Waals surface area contributed by atoms with E-state index in [0.29, 0.717) is 17.6 Å². The molecular formula is C18H15N3O2. The lowest BCUT2D eigenvalue weighted by Gasteiger charge is -2.05. The maximum atomic E-state index is 12.7. The number of ether oxygens (including phenoxy) is 1. The van der Waals surface area contributed by atoms with E-state index in [2.05, 4.69) is 9.97 Å². The second kappa shape index (κ2) is 5.28. The Morgan fingerprint density at radius 2 is 2.00 bits per heavy atom. The van der Waals surface area contributed by atoms with Crippen molar-refractivity contribution in [2.24, 2.45) is 0 Å². The number of nitrogens with zero attached hydrogens (tertiary/aromatic N) is 2. The molecule has 23 heavy (non-hydrogen) atoms. The fourth-order valence-corrected chi connectivity index (χ4v) is 2.79. The second-order valence-corrected chi connectivity index (χ2v) is 5.42. The Morgan fingerprint density at radius 1 is 1.17 bits per heavy atom. The quantitative estimate of drug-likeness (QED) is 0.633. The summed E-state index contributed by atoms with van der Waals surface area (Å²) in [5.41, 5.74) is 3.06. The van der Waals surface area contributed by atoms with Gasteiger partial charge in [-0.25, -0.2) is 4.98 Å². The zero-order valence-electron chi connectivity index (χ0n) is 12.6. The van der Waals surface area contributed by atoms with E-state index in [1.165, 1.54) is 0 Å². The van der Waals surface area contributed by atoms with Gasteiger partial charge in [-0.05, 0) is 23.8 Å². The smallest absolute Gasteiger partial charge is 0.277 e. The molecule has 0 saturated heterocycles. The summed E-state index contributed by atoms with van der Waals surface area (Å²) in [6.45, 7) is 0.501. The molecule has 1 N–H and O–H groups in total. The monoisotopic (exact) mass is 305 g/mol. The van der Waals surface area contributed by atoms with Crippen LogP contribution in [-0.4, -0.2) is 21.6 Å². The van der Waals surface area contributed by atoms with E-state index >= 15 is 0 Å². The molecule has 0 bridgehead atoms. The lowest BCUT2D eigenvalue weighted by molar-refractivity contribution is 0.415. The van der Waals surface area contributed by atoms with Gasteiger partial charge >= 0.3 is 0 Å². The van der Waals surface area contributed by atoms with Crippen molar-refractivity contribution in [1.29, 1.82) is 0 Å². The van der Waals surface area contributed by atoms with Crippen LogP contribution in [0.15, 0.2) is 59.7 Å². The second-order valence-electron chi connectivity index (χ2n) is 5.42. The van der Waals surface area contributed by atoms with Crippen molar-refractivity contribution in [3.8, 4) is 5.75 Å². The number of fused-ring (bicyclic) bond motifs is 3. The van der Waals surface area contributed by atoms with Gasteiger partial charge in [-0.15, -0.1) is 0 Å². The van der Waals surface area contributed by atoms with Crippen LogP contribution in [0.2, 0.25) is 0 Å². The number of hydrogen-bond acceptors (Lipinski definition) is 3. The van der Waals surface area contributed by atoms with Crippen LogP contribution >= 0.6 is 0 Å². The highest BCUT2D eigenvalue weighted by molar-refractivity contribution is 6.04. The van der Waals surface area contributed by atoms with Crippen LogP contribution in [0.5, 0.6) is 5.75 Å². The molecule has 0 atom stereocenters. The SMILES string of the molecule is COc1ccc2[nH]c3c(=O)n(Cc4ccccc4)cnc3c2c1. The molecule has 0 radical (unpaired) electrons. The molecule has 4 rings (SSSR count). The number of nitrogens with one attached hydrogen (secondary N) is 1. The lowest BCUT2D eigenvalue weighted by atomic mass is 10.2. The molecular weight excluding hydrogens is 290 g/mol. The normalized spacial score (nSPS) is 11.2. The minimum absolute atomic E-state index is 0.0750. The Labute approximate surface area is 132 Å². The molecule has 0 fully saturated rings. The first-order valence-electron chi connectivity index (χ1n) is 7.35. The highest BCUT2D eigenvalue weighted by atomic mass is 16.5. The third-order valence-corrected chi connectivity index (χ3v) is 3.98. The first kappa shape index (κ1) is 13.6. The van der Waals surface area contributed by atoms with Crippen LogP contribution in [0.3, 0.4) is 0 Å². The number of methoxy groups -OCH3 is 1. The summed E-state index contributed by atoms with van der Waals surface area (Å²) in [6, 6.07) is 15.5. The van der Waals surface area contributed by atoms with Crippen LogP contribution in [0.25, 0.3) is 21.9 Å². The van der Waals surface area contributed by atoms with Crippen molar-refractivity contribution in [3.05, 3.63) is 70.8 Å². The Hall–Kier alpha value is -3.08. The largest absolute Gasteiger partial charge is 0.497 e. The fraction of sp³-hybridized carbons (Fsp3) is 0.111. The van der Waals surface area contributed by atoms with Crippen molar-refractivity contribution < 1.29 is 4.74 Å². The Kier molecular flexibility index (Phi) is 3.12. The molecule has 2 aromatic carbocycles. The predicted molar refractivity (Wildman–Crippen MR) is 90.0 cm³/mol. The van der Waals surface area contributed by atoms with Crippen LogP contribution in [0.4, 0.5) is 0 Å². The number of aromatic nitrogens is 3. The van der Waals surface area contributed by atoms with E-state index in [1.54, 1.807) is 18.0 Å². The van der Waals surface area contributed by atoms with Gasteiger partial charge in [-0.3, -0.25) is 9.36 Å². The van der Waals surface area contributed by atoms with E-state index in [0.717, 1.165) is 22.2 Å². The molecule has 0 aliphatic heterocycles. The van der Waals surface area contributed by atoms with Gasteiger partial charge in [0.25, 0.3) is 5.56 Å². The van der Waals surface area contributed by atoms with Gasteiger partial charge in [0.1, 0.15) is 16.8 Å². The third-order valence-electron chi connectivity index (χ3n) is 3.98. The Morgan fingerprint density at radius 3 is 2.78 bits per heavy atom. The van der Waals surface area contributed by atoms with Crippen molar-refractivity contribution in [2.45, 2.75) is 6.54 Å². The highest BCUT2D eigenvalue weighted by Crippen LogP contribution is 2.25. The van der Waals surface area contributed by atoms with Gasteiger partial charge in [0.15, 0.2) is 0 Å². The maximum absolute atomic E-state index is 12.7. The summed E-state index contributed by atoms with van der Waals surface area (Å²) < 4.78 is 6.86. The highest BCUT2D eigenvalue weighted by Gasteiger charge is 2.11. The molecule has 0 aliphatic rings. The van der Waals surface area contributed by atoms with Gasteiger partial charge in [0, 0.05) is 10.9 Å². The summed E-state index contributed by atoms with van der Waals surface area (Å²) in [5.74, 6) is 0.744. The van der Waals surface area contributed by atoms with E-state index in [9.17, 15) is 4.79 Å². The molecule has 5 heteroatoms. The molecule has 0 aliphatic carbocycles. The van der Waals surface area contributed by atoms with Crippen LogP contribution in [0.1, 0.15) is 5.56 Å². The Balaban J connectivity index is 1.88. The van der Waals surface area contributed by atoms with Gasteiger partial charge in [-0.1, -0.05) is 30.3 Å². The van der Waals surface area contributed by atoms with Crippen LogP contribution in [-0.2, 0) is 6.54 Å². The fourth-order valence-electron chi connectivity index (χ4n) is 2.79. The standard InChI is InChI=1S/C18H15N3O2/c1-23-13-7-8-15-14(9-13)16-17(20-15)18(22)21(11-19-16)10-12-5-3-2-4-6-12/h2-9,11,20H,10H2,1H3. The molecule has 0 unspecified atom stereocenters. The molecule has 4 aromatic rings. The number of hydrogen-bond donors (Lipinski definition) is 1. The van der Waals surface area contributed by atoms with Crippen molar-refractivity contribution in [2.75, 3.05) is 7.11 Å². The molecule has 2 heterocycles. The molecule has 0 spiro atoms. The Bertz CT molecular complexity index is 1050. The minimum atomic E-state index is -0.0750. The lowest BCUT2D eigenvalue weighted by Crippen LogP contribution is -2.21. The molecule has 0 amide bonds. The van der Waals surface area contributed by atoms with Crippen LogP contribution in [0, 0.1) is 0 Å². The predicted octanol–water partition coefficient (Wildman–Crippen LogP) is 2.93. The zero-order chi connectivity index (χ0) is 15.8. The van der Waals surface area contributed by atoms with E-state index < -0.39 is 0 Å². The number of aromatic amines is 1. The van der Waals surface area contributed by atoms with Gasteiger partial charge in [0.2, 0.25) is 0 Å². The summed E-state index contributed by atoms with van der Waals surface area (Å²) in [7, 11) is 1.62. The zero-order valence-corrected chi connectivity index (χ0v) is 12.6. The summed E-state index contributed by atoms with van der Waals surface area (Å²) in [5, 5.41) is 0.892. The maximum Gasteiger partial charge on any atom is 0.277 e. The molecule has 2 aromatic heterocycles. The molecule has 5 nitrogen and oxygen atoms in total. The first-order valence-corrected chi connectivity index (χ1v) is 7.35. The van der Waals surface area contributed by atoms with Crippen molar-refractivity contribution in [1.82, 2.24) is 14.5 Å². The summed E-state index contributed by atoms with van der Waals surface area (Å²) in [6.07, 6.45) is 1.60. The van der Waals surface area contributed by atoms with E-state index in [-0.39, 0.29) is 5.56 Å². The number of benzene rings is 2. The average molecular weight is 305 g/mol. The summed E-state index contributed by atoms with van der Waals surface area (Å²) in [4.78, 5) is 20.4. The van der Waals surface area contributed by atoms with Crippen molar-refractivity contribution in [3.63, 3.8) is 0 Å². The molecule has 114 valence electrons. The van der Waals surface area contributed by atoms with E-state index in [1.807, 2.05) is 48.5 Å². The number of H-pyrrole nitrogens is 1. The first-order chi connectivity index (χ1) is 11.3. The third kappa shape index (κ3) is 2.26. The average Bonchev–Trinajstić information content (AvgIpc) is 2.97. The van der Waals surface area contributed by atoms with Crippen molar-refractivity contribution >= 4 is 21.9 Å². The summed E-state index contributed by atoms with van der Waals surface area (Å²) >= 11 is 0. The van der Waals surface area contributed by atoms with Gasteiger partial charge < -0.3 is 9.72 Å². The van der Waals surface area contributed by atoms with Crippen LogP contribution < -0.4 is 10.3 Å². The van der Waals surface area contributed by atoms with Gasteiger partial charge in [-0.2, -0.15) is 0 Å². The minimum Gasteiger partial charge on any atom is -0.497 e. The van der Waals surface area contributed by atoms with E-state index in [4.69, 9.17) is 4.74 Å². The topological polar surface area (TPSA) is 59.9 Å². The number of rotatable bonds is 3.